The SMILES string of the molecule is CC(N)C1(O)CCN(C(=O)OC(C)(C)C)C1. The number of amides is 1. The van der Waals surface area contributed by atoms with E-state index in [1.54, 1.807) is 6.92 Å². The lowest BCUT2D eigenvalue weighted by Gasteiger charge is -2.28. The Labute approximate surface area is 96.6 Å². The van der Waals surface area contributed by atoms with Crippen molar-refractivity contribution in [2.24, 2.45) is 5.73 Å². The van der Waals surface area contributed by atoms with E-state index in [0.29, 0.717) is 13.0 Å². The zero-order valence-corrected chi connectivity index (χ0v) is 10.5. The molecule has 0 saturated carbocycles. The fourth-order valence-corrected chi connectivity index (χ4v) is 1.67. The minimum atomic E-state index is -0.975. The third-order valence-electron chi connectivity index (χ3n) is 2.78. The molecule has 0 aromatic heterocycles. The van der Waals surface area contributed by atoms with Crippen LogP contribution in [0.1, 0.15) is 34.1 Å². The van der Waals surface area contributed by atoms with Crippen LogP contribution in [0.2, 0.25) is 0 Å². The summed E-state index contributed by atoms with van der Waals surface area (Å²) >= 11 is 0. The summed E-state index contributed by atoms with van der Waals surface area (Å²) < 4.78 is 5.23. The Hall–Kier alpha value is -0.810. The van der Waals surface area contributed by atoms with Crippen molar-refractivity contribution in [1.82, 2.24) is 4.90 Å². The normalized spacial score (nSPS) is 28.0. The molecule has 94 valence electrons. The topological polar surface area (TPSA) is 75.8 Å². The first-order valence-electron chi connectivity index (χ1n) is 5.60. The van der Waals surface area contributed by atoms with Crippen LogP contribution in [0.4, 0.5) is 4.79 Å². The van der Waals surface area contributed by atoms with Gasteiger partial charge in [-0.1, -0.05) is 0 Å². The fraction of sp³-hybridized carbons (Fsp3) is 0.909. The Bertz CT molecular complexity index is 273. The van der Waals surface area contributed by atoms with Gasteiger partial charge in [0, 0.05) is 12.6 Å². The highest BCUT2D eigenvalue weighted by Gasteiger charge is 2.42. The molecule has 0 radical (unpaired) electrons. The largest absolute Gasteiger partial charge is 0.444 e. The lowest BCUT2D eigenvalue weighted by Crippen LogP contribution is -2.49. The molecule has 5 heteroatoms. The van der Waals surface area contributed by atoms with Crippen LogP contribution in [0.25, 0.3) is 0 Å². The van der Waals surface area contributed by atoms with E-state index in [-0.39, 0.29) is 18.7 Å². The summed E-state index contributed by atoms with van der Waals surface area (Å²) in [6.45, 7) is 7.95. The van der Waals surface area contributed by atoms with Gasteiger partial charge in [-0.05, 0) is 34.1 Å². The summed E-state index contributed by atoms with van der Waals surface area (Å²) in [4.78, 5) is 13.2. The van der Waals surface area contributed by atoms with Crippen LogP contribution in [0.3, 0.4) is 0 Å². The number of β-amino-alcohol motifs (C(OH)–C–C–N with tert-alkyl or cyclic N) is 1. The van der Waals surface area contributed by atoms with Crippen molar-refractivity contribution in [3.8, 4) is 0 Å². The Morgan fingerprint density at radius 2 is 2.12 bits per heavy atom. The highest BCUT2D eigenvalue weighted by Crippen LogP contribution is 2.25. The molecule has 5 nitrogen and oxygen atoms in total. The van der Waals surface area contributed by atoms with E-state index in [0.717, 1.165) is 0 Å². The highest BCUT2D eigenvalue weighted by atomic mass is 16.6. The molecule has 1 saturated heterocycles. The first kappa shape index (κ1) is 13.3. The van der Waals surface area contributed by atoms with Crippen molar-refractivity contribution in [3.63, 3.8) is 0 Å². The van der Waals surface area contributed by atoms with E-state index in [1.165, 1.54) is 4.90 Å². The predicted octanol–water partition coefficient (Wildman–Crippen LogP) is 0.705. The standard InChI is InChI=1S/C11H22N2O3/c1-8(12)11(15)5-6-13(7-11)9(14)16-10(2,3)4/h8,15H,5-7,12H2,1-4H3. The van der Waals surface area contributed by atoms with Gasteiger partial charge in [0.05, 0.1) is 12.1 Å². The first-order chi connectivity index (χ1) is 7.14. The van der Waals surface area contributed by atoms with Gasteiger partial charge in [-0.15, -0.1) is 0 Å². The first-order valence-corrected chi connectivity index (χ1v) is 5.60. The van der Waals surface area contributed by atoms with E-state index in [1.807, 2.05) is 20.8 Å². The van der Waals surface area contributed by atoms with Crippen LogP contribution in [-0.4, -0.2) is 46.4 Å². The molecule has 1 aliphatic rings. The summed E-state index contributed by atoms with van der Waals surface area (Å²) in [5.74, 6) is 0. The van der Waals surface area contributed by atoms with Crippen LogP contribution in [-0.2, 0) is 4.74 Å². The van der Waals surface area contributed by atoms with Crippen molar-refractivity contribution >= 4 is 6.09 Å². The Kier molecular flexibility index (Phi) is 3.50. The molecule has 1 rings (SSSR count). The van der Waals surface area contributed by atoms with E-state index in [4.69, 9.17) is 10.5 Å². The molecule has 1 heterocycles. The molecule has 1 fully saturated rings. The van der Waals surface area contributed by atoms with Gasteiger partial charge in [0.2, 0.25) is 0 Å². The lowest BCUT2D eigenvalue weighted by atomic mass is 9.96. The van der Waals surface area contributed by atoms with Crippen LogP contribution in [0.5, 0.6) is 0 Å². The average Bonchev–Trinajstić information content (AvgIpc) is 2.46. The molecule has 0 bridgehead atoms. The molecule has 1 amide bonds. The van der Waals surface area contributed by atoms with Gasteiger partial charge in [0.15, 0.2) is 0 Å². The van der Waals surface area contributed by atoms with Gasteiger partial charge in [0.25, 0.3) is 0 Å². The van der Waals surface area contributed by atoms with Crippen molar-refractivity contribution in [3.05, 3.63) is 0 Å². The number of hydrogen-bond donors (Lipinski definition) is 2. The zero-order valence-electron chi connectivity index (χ0n) is 10.5. The number of carbonyl (C=O) groups is 1. The molecule has 1 aliphatic heterocycles. The third-order valence-corrected chi connectivity index (χ3v) is 2.78. The third kappa shape index (κ3) is 3.09. The maximum absolute atomic E-state index is 11.7. The minimum absolute atomic E-state index is 0.250. The number of nitrogens with two attached hydrogens (primary N) is 1. The van der Waals surface area contributed by atoms with E-state index in [2.05, 4.69) is 0 Å². The monoisotopic (exact) mass is 230 g/mol. The predicted molar refractivity (Wildman–Crippen MR) is 61.0 cm³/mol. The molecular weight excluding hydrogens is 208 g/mol. The fourth-order valence-electron chi connectivity index (χ4n) is 1.67. The average molecular weight is 230 g/mol. The Morgan fingerprint density at radius 3 is 2.50 bits per heavy atom. The van der Waals surface area contributed by atoms with Gasteiger partial charge in [-0.3, -0.25) is 0 Å². The van der Waals surface area contributed by atoms with Crippen molar-refractivity contribution in [2.75, 3.05) is 13.1 Å². The summed E-state index contributed by atoms with van der Waals surface area (Å²) in [5, 5.41) is 10.1. The number of likely N-dealkylation sites (tertiary alicyclic amines) is 1. The molecule has 16 heavy (non-hydrogen) atoms. The smallest absolute Gasteiger partial charge is 0.410 e. The molecule has 0 aromatic carbocycles. The number of rotatable bonds is 1. The van der Waals surface area contributed by atoms with Gasteiger partial charge < -0.3 is 20.5 Å². The Balaban J connectivity index is 2.57. The van der Waals surface area contributed by atoms with Crippen molar-refractivity contribution < 1.29 is 14.6 Å². The van der Waals surface area contributed by atoms with Crippen LogP contribution in [0, 0.1) is 0 Å². The number of hydrogen-bond acceptors (Lipinski definition) is 4. The van der Waals surface area contributed by atoms with Gasteiger partial charge in [-0.25, -0.2) is 4.79 Å². The lowest BCUT2D eigenvalue weighted by molar-refractivity contribution is 0.00817. The molecule has 2 atom stereocenters. The summed E-state index contributed by atoms with van der Waals surface area (Å²) in [7, 11) is 0. The number of aliphatic hydroxyl groups is 1. The quantitative estimate of drug-likeness (QED) is 0.695. The zero-order chi connectivity index (χ0) is 12.6. The van der Waals surface area contributed by atoms with Gasteiger partial charge in [-0.2, -0.15) is 0 Å². The second kappa shape index (κ2) is 4.22. The molecule has 0 spiro atoms. The number of nitrogens with zero attached hydrogens (tertiary/aromatic N) is 1. The maximum Gasteiger partial charge on any atom is 0.410 e. The molecular formula is C11H22N2O3. The number of ether oxygens (including phenoxy) is 1. The van der Waals surface area contributed by atoms with Crippen LogP contribution >= 0.6 is 0 Å². The number of carbonyl (C=O) groups excluding carboxylic acids is 1. The van der Waals surface area contributed by atoms with Crippen LogP contribution < -0.4 is 5.73 Å². The maximum atomic E-state index is 11.7. The molecule has 3 N–H and O–H groups in total. The Morgan fingerprint density at radius 1 is 1.56 bits per heavy atom. The summed E-state index contributed by atoms with van der Waals surface area (Å²) in [6.07, 6.45) is 0.119. The molecule has 2 unspecified atom stereocenters. The van der Waals surface area contributed by atoms with Gasteiger partial charge >= 0.3 is 6.09 Å². The van der Waals surface area contributed by atoms with Gasteiger partial charge in [0.1, 0.15) is 5.60 Å². The summed E-state index contributed by atoms with van der Waals surface area (Å²) in [6, 6.07) is -0.347. The molecule has 0 aliphatic carbocycles. The van der Waals surface area contributed by atoms with Crippen molar-refractivity contribution in [1.29, 1.82) is 0 Å². The summed E-state index contributed by atoms with van der Waals surface area (Å²) in [5.41, 5.74) is 4.21. The second-order valence-electron chi connectivity index (χ2n) is 5.54. The second-order valence-corrected chi connectivity index (χ2v) is 5.54. The van der Waals surface area contributed by atoms with Crippen LogP contribution in [0.15, 0.2) is 0 Å². The highest BCUT2D eigenvalue weighted by molar-refractivity contribution is 5.68. The molecule has 0 aromatic rings. The minimum Gasteiger partial charge on any atom is -0.444 e. The van der Waals surface area contributed by atoms with E-state index in [9.17, 15) is 9.90 Å². The van der Waals surface area contributed by atoms with Crippen molar-refractivity contribution in [2.45, 2.75) is 51.4 Å². The van der Waals surface area contributed by atoms with E-state index >= 15 is 0 Å². The van der Waals surface area contributed by atoms with E-state index < -0.39 is 11.2 Å².